The second-order valence-electron chi connectivity index (χ2n) is 4.58. The van der Waals surface area contributed by atoms with Crippen LogP contribution in [0.25, 0.3) is 0 Å². The molecule has 2 saturated heterocycles. The number of nitrogens with one attached hydrogen (secondary N) is 1. The third-order valence-electron chi connectivity index (χ3n) is 3.44. The van der Waals surface area contributed by atoms with Crippen molar-refractivity contribution in [1.82, 2.24) is 5.32 Å². The van der Waals surface area contributed by atoms with Crippen molar-refractivity contribution < 1.29 is 4.74 Å². The number of ether oxygens (including phenoxy) is 1. The normalized spacial score (nSPS) is 44.1. The minimum Gasteiger partial charge on any atom is -0.371 e. The van der Waals surface area contributed by atoms with Gasteiger partial charge in [0.05, 0.1) is 12.2 Å². The van der Waals surface area contributed by atoms with Gasteiger partial charge in [-0.3, -0.25) is 0 Å². The highest BCUT2D eigenvalue weighted by molar-refractivity contribution is 8.00. The maximum Gasteiger partial charge on any atom is 0.0847 e. The largest absolute Gasteiger partial charge is 0.371 e. The lowest BCUT2D eigenvalue weighted by atomic mass is 9.97. The summed E-state index contributed by atoms with van der Waals surface area (Å²) in [6, 6.07) is 0. The highest BCUT2D eigenvalue weighted by Gasteiger charge is 2.40. The van der Waals surface area contributed by atoms with Crippen molar-refractivity contribution in [3.63, 3.8) is 0 Å². The molecule has 2 aliphatic rings. The van der Waals surface area contributed by atoms with Gasteiger partial charge in [0.15, 0.2) is 0 Å². The smallest absolute Gasteiger partial charge is 0.0847 e. The molecule has 2 nitrogen and oxygen atoms in total. The maximum atomic E-state index is 6.14. The fraction of sp³-hybridized carbons (Fsp3) is 1.00. The molecule has 2 aliphatic heterocycles. The van der Waals surface area contributed by atoms with E-state index in [-0.39, 0.29) is 0 Å². The van der Waals surface area contributed by atoms with Gasteiger partial charge in [0.2, 0.25) is 0 Å². The molecular weight excluding hydrogens is 194 g/mol. The third-order valence-corrected chi connectivity index (χ3v) is 5.06. The molecule has 2 fully saturated rings. The summed E-state index contributed by atoms with van der Waals surface area (Å²) in [6.45, 7) is 6.65. The topological polar surface area (TPSA) is 21.3 Å². The van der Waals surface area contributed by atoms with Crippen LogP contribution in [0.5, 0.6) is 0 Å². The summed E-state index contributed by atoms with van der Waals surface area (Å²) in [6.07, 6.45) is 4.67. The number of morpholine rings is 1. The fourth-order valence-electron chi connectivity index (χ4n) is 2.36. The molecule has 0 radical (unpaired) electrons. The quantitative estimate of drug-likeness (QED) is 0.761. The standard InChI is InChI=1S/C11H21NOS/c1-3-9-7-12-8-10(13-9)11(2)5-4-6-14-11/h9-10,12H,3-8H2,1-2H3. The van der Waals surface area contributed by atoms with E-state index in [1.54, 1.807) is 0 Å². The van der Waals surface area contributed by atoms with Crippen LogP contribution in [0.2, 0.25) is 0 Å². The Morgan fingerprint density at radius 3 is 3.00 bits per heavy atom. The van der Waals surface area contributed by atoms with Crippen LogP contribution in [-0.2, 0) is 4.74 Å². The van der Waals surface area contributed by atoms with Crippen molar-refractivity contribution >= 4 is 11.8 Å². The second kappa shape index (κ2) is 4.42. The molecule has 0 spiro atoms. The molecule has 3 atom stereocenters. The monoisotopic (exact) mass is 215 g/mol. The van der Waals surface area contributed by atoms with E-state index in [1.807, 2.05) is 0 Å². The summed E-state index contributed by atoms with van der Waals surface area (Å²) >= 11 is 2.10. The minimum absolute atomic E-state index is 0.376. The Labute approximate surface area is 91.2 Å². The Bertz CT molecular complexity index is 192. The van der Waals surface area contributed by atoms with Crippen molar-refractivity contribution in [3.8, 4) is 0 Å². The molecule has 3 heteroatoms. The summed E-state index contributed by atoms with van der Waals surface area (Å²) < 4.78 is 6.52. The van der Waals surface area contributed by atoms with Gasteiger partial charge in [-0.1, -0.05) is 6.92 Å². The number of thioether (sulfide) groups is 1. The molecule has 0 bridgehead atoms. The van der Waals surface area contributed by atoms with Gasteiger partial charge in [0.25, 0.3) is 0 Å². The molecule has 2 rings (SSSR count). The maximum absolute atomic E-state index is 6.14. The molecule has 0 aromatic carbocycles. The molecule has 0 aromatic rings. The fourth-order valence-corrected chi connectivity index (χ4v) is 3.73. The van der Waals surface area contributed by atoms with E-state index >= 15 is 0 Å². The van der Waals surface area contributed by atoms with E-state index in [0.717, 1.165) is 19.5 Å². The van der Waals surface area contributed by atoms with E-state index in [2.05, 4.69) is 30.9 Å². The van der Waals surface area contributed by atoms with Crippen LogP contribution in [0.3, 0.4) is 0 Å². The van der Waals surface area contributed by atoms with Gasteiger partial charge in [0, 0.05) is 17.8 Å². The highest BCUT2D eigenvalue weighted by atomic mass is 32.2. The van der Waals surface area contributed by atoms with Gasteiger partial charge in [-0.25, -0.2) is 0 Å². The summed E-state index contributed by atoms with van der Waals surface area (Å²) in [5.74, 6) is 1.31. The van der Waals surface area contributed by atoms with Gasteiger partial charge in [-0.15, -0.1) is 0 Å². The Morgan fingerprint density at radius 2 is 2.36 bits per heavy atom. The number of hydrogen-bond acceptors (Lipinski definition) is 3. The second-order valence-corrected chi connectivity index (χ2v) is 6.21. The van der Waals surface area contributed by atoms with Crippen LogP contribution < -0.4 is 5.32 Å². The zero-order valence-corrected chi connectivity index (χ0v) is 10.0. The predicted octanol–water partition coefficient (Wildman–Crippen LogP) is 2.04. The Balaban J connectivity index is 1.96. The molecule has 0 saturated carbocycles. The summed E-state index contributed by atoms with van der Waals surface area (Å²) in [5.41, 5.74) is 0. The molecule has 0 aromatic heterocycles. The van der Waals surface area contributed by atoms with Crippen molar-refractivity contribution in [2.45, 2.75) is 50.1 Å². The molecule has 82 valence electrons. The highest BCUT2D eigenvalue weighted by Crippen LogP contribution is 2.42. The zero-order valence-electron chi connectivity index (χ0n) is 9.21. The number of hydrogen-bond donors (Lipinski definition) is 1. The molecule has 14 heavy (non-hydrogen) atoms. The average molecular weight is 215 g/mol. The molecule has 0 amide bonds. The van der Waals surface area contributed by atoms with E-state index in [0.29, 0.717) is 17.0 Å². The van der Waals surface area contributed by atoms with Gasteiger partial charge < -0.3 is 10.1 Å². The third kappa shape index (κ3) is 2.10. The SMILES string of the molecule is CCC1CNCC(C2(C)CCCS2)O1. The Morgan fingerprint density at radius 1 is 1.50 bits per heavy atom. The van der Waals surface area contributed by atoms with Crippen molar-refractivity contribution in [2.24, 2.45) is 0 Å². The van der Waals surface area contributed by atoms with Crippen LogP contribution in [0.15, 0.2) is 0 Å². The van der Waals surface area contributed by atoms with Gasteiger partial charge >= 0.3 is 0 Å². The number of rotatable bonds is 2. The average Bonchev–Trinajstić information content (AvgIpc) is 2.67. The lowest BCUT2D eigenvalue weighted by molar-refractivity contribution is -0.0543. The molecule has 3 unspecified atom stereocenters. The molecule has 2 heterocycles. The van der Waals surface area contributed by atoms with Crippen LogP contribution >= 0.6 is 11.8 Å². The van der Waals surface area contributed by atoms with Crippen LogP contribution in [-0.4, -0.2) is 35.8 Å². The van der Waals surface area contributed by atoms with Crippen molar-refractivity contribution in [3.05, 3.63) is 0 Å². The Hall–Kier alpha value is 0.270. The van der Waals surface area contributed by atoms with E-state index in [4.69, 9.17) is 4.74 Å². The van der Waals surface area contributed by atoms with Crippen LogP contribution in [0, 0.1) is 0 Å². The van der Waals surface area contributed by atoms with Crippen molar-refractivity contribution in [2.75, 3.05) is 18.8 Å². The summed E-state index contributed by atoms with van der Waals surface area (Å²) in [7, 11) is 0. The van der Waals surface area contributed by atoms with E-state index in [9.17, 15) is 0 Å². The first-order valence-corrected chi connectivity index (χ1v) is 6.73. The van der Waals surface area contributed by atoms with Gasteiger partial charge in [0.1, 0.15) is 0 Å². The van der Waals surface area contributed by atoms with Crippen LogP contribution in [0.4, 0.5) is 0 Å². The van der Waals surface area contributed by atoms with Gasteiger partial charge in [-0.05, 0) is 31.9 Å². The Kier molecular flexibility index (Phi) is 3.40. The molecular formula is C11H21NOS. The van der Waals surface area contributed by atoms with E-state index < -0.39 is 0 Å². The van der Waals surface area contributed by atoms with Gasteiger partial charge in [-0.2, -0.15) is 11.8 Å². The first-order chi connectivity index (χ1) is 6.74. The lowest BCUT2D eigenvalue weighted by Gasteiger charge is -2.39. The lowest BCUT2D eigenvalue weighted by Crippen LogP contribution is -2.52. The first-order valence-electron chi connectivity index (χ1n) is 5.75. The molecule has 1 N–H and O–H groups in total. The van der Waals surface area contributed by atoms with E-state index in [1.165, 1.54) is 18.6 Å². The van der Waals surface area contributed by atoms with Crippen molar-refractivity contribution in [1.29, 1.82) is 0 Å². The minimum atomic E-state index is 0.376. The predicted molar refractivity (Wildman–Crippen MR) is 61.9 cm³/mol. The summed E-state index contributed by atoms with van der Waals surface area (Å²) in [4.78, 5) is 0. The van der Waals surface area contributed by atoms with Crippen LogP contribution in [0.1, 0.15) is 33.1 Å². The molecule has 0 aliphatic carbocycles. The zero-order chi connectivity index (χ0) is 10.0. The summed E-state index contributed by atoms with van der Waals surface area (Å²) in [5, 5.41) is 3.50. The first kappa shape index (κ1) is 10.8.